The molecule has 7 heteroatoms. The van der Waals surface area contributed by atoms with Gasteiger partial charge >= 0.3 is 6.09 Å². The van der Waals surface area contributed by atoms with Crippen molar-refractivity contribution in [1.82, 2.24) is 9.80 Å². The Morgan fingerprint density at radius 2 is 1.57 bits per heavy atom. The number of benzene rings is 2. The van der Waals surface area contributed by atoms with Gasteiger partial charge in [-0.25, -0.2) is 9.18 Å². The molecule has 0 N–H and O–H groups in total. The third-order valence-corrected chi connectivity index (χ3v) is 5.36. The van der Waals surface area contributed by atoms with E-state index in [2.05, 4.69) is 4.90 Å². The number of alkyl halides is 1. The van der Waals surface area contributed by atoms with Gasteiger partial charge in [-0.3, -0.25) is 9.69 Å². The highest BCUT2D eigenvalue weighted by Gasteiger charge is 2.24. The molecule has 2 aromatic carbocycles. The number of rotatable bonds is 7. The molecule has 0 bridgehead atoms. The van der Waals surface area contributed by atoms with E-state index in [-0.39, 0.29) is 12.2 Å². The molecule has 1 unspecified atom stereocenters. The van der Waals surface area contributed by atoms with E-state index in [4.69, 9.17) is 16.3 Å². The van der Waals surface area contributed by atoms with Crippen LogP contribution < -0.4 is 0 Å². The summed E-state index contributed by atoms with van der Waals surface area (Å²) in [6.07, 6.45) is -1.26. The highest BCUT2D eigenvalue weighted by Crippen LogP contribution is 2.16. The Labute approximate surface area is 181 Å². The summed E-state index contributed by atoms with van der Waals surface area (Å²) in [5.74, 6) is -0.0421. The molecule has 1 saturated heterocycles. The highest BCUT2D eigenvalue weighted by atomic mass is 35.5. The summed E-state index contributed by atoms with van der Waals surface area (Å²) in [7, 11) is 0. The van der Waals surface area contributed by atoms with Crippen molar-refractivity contribution in [3.8, 4) is 0 Å². The van der Waals surface area contributed by atoms with Gasteiger partial charge in [0.05, 0.1) is 0 Å². The van der Waals surface area contributed by atoms with Crippen molar-refractivity contribution in [1.29, 1.82) is 0 Å². The van der Waals surface area contributed by atoms with Gasteiger partial charge in [0.1, 0.15) is 0 Å². The van der Waals surface area contributed by atoms with Crippen molar-refractivity contribution >= 4 is 23.5 Å². The number of amides is 1. The summed E-state index contributed by atoms with van der Waals surface area (Å²) < 4.78 is 18.3. The monoisotopic (exact) mass is 432 g/mol. The van der Waals surface area contributed by atoms with E-state index < -0.39 is 12.5 Å². The summed E-state index contributed by atoms with van der Waals surface area (Å²) in [6.45, 7) is 4.95. The molecule has 0 saturated carbocycles. The standard InChI is InChI=1S/C23H26ClFN2O3/c1-2-3-21(25)30-23(29)27-14-12-26(13-15-27)16-17-4-6-18(7-5-17)22(28)19-8-10-20(24)11-9-19/h4-11,21H,2-3,12-16H2,1H3. The van der Waals surface area contributed by atoms with Gasteiger partial charge in [-0.1, -0.05) is 42.8 Å². The maximum atomic E-state index is 13.5. The molecule has 5 nitrogen and oxygen atoms in total. The minimum atomic E-state index is -1.53. The molecule has 160 valence electrons. The number of hydrogen-bond donors (Lipinski definition) is 0. The minimum absolute atomic E-state index is 0.0421. The topological polar surface area (TPSA) is 49.9 Å². The number of halogens is 2. The molecule has 0 aliphatic carbocycles. The first-order valence-electron chi connectivity index (χ1n) is 10.2. The van der Waals surface area contributed by atoms with E-state index in [1.54, 1.807) is 29.2 Å². The van der Waals surface area contributed by atoms with E-state index >= 15 is 0 Å². The van der Waals surface area contributed by atoms with Crippen molar-refractivity contribution in [3.05, 3.63) is 70.2 Å². The molecule has 1 fully saturated rings. The number of hydrogen-bond acceptors (Lipinski definition) is 4. The molecule has 30 heavy (non-hydrogen) atoms. The quantitative estimate of drug-likeness (QED) is 0.582. The number of piperazine rings is 1. The summed E-state index contributed by atoms with van der Waals surface area (Å²) >= 11 is 5.88. The molecule has 1 heterocycles. The third kappa shape index (κ3) is 6.03. The van der Waals surface area contributed by atoms with Gasteiger partial charge in [0.15, 0.2) is 5.78 Å². The molecule has 0 aromatic heterocycles. The van der Waals surface area contributed by atoms with Crippen molar-refractivity contribution < 1.29 is 18.7 Å². The SMILES string of the molecule is CCCC(F)OC(=O)N1CCN(Cc2ccc(C(=O)c3ccc(Cl)cc3)cc2)CC1. The van der Waals surface area contributed by atoms with Gasteiger partial charge in [0.25, 0.3) is 0 Å². The van der Waals surface area contributed by atoms with E-state index in [1.807, 2.05) is 31.2 Å². The Morgan fingerprint density at radius 3 is 2.13 bits per heavy atom. The Hall–Kier alpha value is -2.44. The van der Waals surface area contributed by atoms with E-state index in [0.717, 1.165) is 12.1 Å². The lowest BCUT2D eigenvalue weighted by Crippen LogP contribution is -2.48. The molecule has 1 aliphatic rings. The first kappa shape index (κ1) is 22.2. The molecular formula is C23H26ClFN2O3. The first-order valence-corrected chi connectivity index (χ1v) is 10.5. The maximum absolute atomic E-state index is 13.5. The van der Waals surface area contributed by atoms with Crippen LogP contribution in [0, 0.1) is 0 Å². The largest absolute Gasteiger partial charge is 0.415 e. The van der Waals surface area contributed by atoms with Crippen molar-refractivity contribution in [2.24, 2.45) is 0 Å². The predicted molar refractivity (Wildman–Crippen MR) is 114 cm³/mol. The van der Waals surface area contributed by atoms with Crippen LogP contribution in [0.2, 0.25) is 5.02 Å². The van der Waals surface area contributed by atoms with Crippen LogP contribution >= 0.6 is 11.6 Å². The molecule has 0 spiro atoms. The van der Waals surface area contributed by atoms with E-state index in [9.17, 15) is 14.0 Å². The Kier molecular flexibility index (Phi) is 7.82. The van der Waals surface area contributed by atoms with Crippen molar-refractivity contribution in [2.75, 3.05) is 26.2 Å². The van der Waals surface area contributed by atoms with E-state index in [0.29, 0.717) is 48.7 Å². The van der Waals surface area contributed by atoms with Gasteiger partial charge in [-0.2, -0.15) is 0 Å². The summed E-state index contributed by atoms with van der Waals surface area (Å²) in [4.78, 5) is 28.3. The fraction of sp³-hybridized carbons (Fsp3) is 0.391. The second-order valence-corrected chi connectivity index (χ2v) is 7.82. The first-order chi connectivity index (χ1) is 14.5. The highest BCUT2D eigenvalue weighted by molar-refractivity contribution is 6.30. The fourth-order valence-corrected chi connectivity index (χ4v) is 3.47. The van der Waals surface area contributed by atoms with Crippen LogP contribution in [-0.2, 0) is 11.3 Å². The molecule has 1 amide bonds. The van der Waals surface area contributed by atoms with Crippen LogP contribution in [0.15, 0.2) is 48.5 Å². The Balaban J connectivity index is 1.49. The average Bonchev–Trinajstić information content (AvgIpc) is 2.75. The summed E-state index contributed by atoms with van der Waals surface area (Å²) in [5, 5.41) is 0.598. The average molecular weight is 433 g/mol. The van der Waals surface area contributed by atoms with Crippen LogP contribution in [0.3, 0.4) is 0 Å². The van der Waals surface area contributed by atoms with Gasteiger partial charge in [0.2, 0.25) is 6.36 Å². The zero-order valence-electron chi connectivity index (χ0n) is 17.0. The number of carbonyl (C=O) groups excluding carboxylic acids is 2. The summed E-state index contributed by atoms with van der Waals surface area (Å²) in [6, 6.07) is 14.4. The predicted octanol–water partition coefficient (Wildman–Crippen LogP) is 4.92. The lowest BCUT2D eigenvalue weighted by molar-refractivity contribution is -0.0174. The number of ether oxygens (including phenoxy) is 1. The normalized spacial score (nSPS) is 15.6. The maximum Gasteiger partial charge on any atom is 0.412 e. The van der Waals surface area contributed by atoms with Gasteiger partial charge in [-0.05, 0) is 36.2 Å². The summed E-state index contributed by atoms with van der Waals surface area (Å²) in [5.41, 5.74) is 2.32. The molecule has 1 atom stereocenters. The van der Waals surface area contributed by atoms with Crippen molar-refractivity contribution in [3.63, 3.8) is 0 Å². The minimum Gasteiger partial charge on any atom is -0.415 e. The molecular weight excluding hydrogens is 407 g/mol. The molecule has 3 rings (SSSR count). The molecule has 1 aliphatic heterocycles. The zero-order valence-corrected chi connectivity index (χ0v) is 17.8. The zero-order chi connectivity index (χ0) is 21.5. The number of nitrogens with zero attached hydrogens (tertiary/aromatic N) is 2. The van der Waals surface area contributed by atoms with Gasteiger partial charge < -0.3 is 9.64 Å². The second-order valence-electron chi connectivity index (χ2n) is 7.38. The van der Waals surface area contributed by atoms with Gasteiger partial charge in [-0.15, -0.1) is 0 Å². The second kappa shape index (κ2) is 10.5. The van der Waals surface area contributed by atoms with Crippen LogP contribution in [0.5, 0.6) is 0 Å². The Morgan fingerprint density at radius 1 is 1.00 bits per heavy atom. The lowest BCUT2D eigenvalue weighted by atomic mass is 10.0. The lowest BCUT2D eigenvalue weighted by Gasteiger charge is -2.34. The Bertz CT molecular complexity index is 850. The molecule has 0 radical (unpaired) electrons. The van der Waals surface area contributed by atoms with E-state index in [1.165, 1.54) is 0 Å². The van der Waals surface area contributed by atoms with Crippen LogP contribution in [0.4, 0.5) is 9.18 Å². The fourth-order valence-electron chi connectivity index (χ4n) is 3.35. The van der Waals surface area contributed by atoms with Gasteiger partial charge in [0, 0.05) is 55.3 Å². The molecule has 2 aromatic rings. The third-order valence-electron chi connectivity index (χ3n) is 5.10. The number of ketones is 1. The smallest absolute Gasteiger partial charge is 0.412 e. The van der Waals surface area contributed by atoms with Crippen LogP contribution in [0.25, 0.3) is 0 Å². The van der Waals surface area contributed by atoms with Crippen LogP contribution in [-0.4, -0.2) is 54.2 Å². The van der Waals surface area contributed by atoms with Crippen molar-refractivity contribution in [2.45, 2.75) is 32.7 Å². The number of carbonyl (C=O) groups is 2. The van der Waals surface area contributed by atoms with Crippen LogP contribution in [0.1, 0.15) is 41.3 Å².